The minimum Gasteiger partial charge on any atom is -0.383 e. The maximum Gasteiger partial charge on any atom is 0.133 e. The predicted molar refractivity (Wildman–Crippen MR) is 120 cm³/mol. The Morgan fingerprint density at radius 1 is 1.16 bits per heavy atom. The van der Waals surface area contributed by atoms with Gasteiger partial charge in [0.25, 0.3) is 0 Å². The Hall–Kier alpha value is -3.63. The first kappa shape index (κ1) is 20.6. The van der Waals surface area contributed by atoms with Crippen molar-refractivity contribution in [1.82, 2.24) is 35.3 Å². The van der Waals surface area contributed by atoms with Gasteiger partial charge >= 0.3 is 0 Å². The molecule has 1 atom stereocenters. The van der Waals surface area contributed by atoms with Crippen molar-refractivity contribution in [3.63, 3.8) is 0 Å². The van der Waals surface area contributed by atoms with E-state index in [1.165, 1.54) is 0 Å². The molecule has 160 valence electrons. The number of nitrogens with one attached hydrogen (secondary N) is 2. The number of hydrogen-bond donors (Lipinski definition) is 3. The first-order chi connectivity index (χ1) is 14.9. The minimum atomic E-state index is -0.336. The second-order valence-corrected chi connectivity index (χ2v) is 7.50. The van der Waals surface area contributed by atoms with E-state index in [9.17, 15) is 0 Å². The van der Waals surface area contributed by atoms with E-state index in [0.717, 1.165) is 22.0 Å². The molecule has 31 heavy (non-hydrogen) atoms. The van der Waals surface area contributed by atoms with E-state index in [0.29, 0.717) is 29.8 Å². The third-order valence-electron chi connectivity index (χ3n) is 5.36. The Morgan fingerprint density at radius 2 is 1.97 bits per heavy atom. The van der Waals surface area contributed by atoms with Crippen LogP contribution in [0.4, 0.5) is 17.5 Å². The van der Waals surface area contributed by atoms with E-state index in [4.69, 9.17) is 10.5 Å². The van der Waals surface area contributed by atoms with Crippen LogP contribution in [0.2, 0.25) is 0 Å². The zero-order chi connectivity index (χ0) is 22.0. The second kappa shape index (κ2) is 8.25. The van der Waals surface area contributed by atoms with Crippen LogP contribution in [0.5, 0.6) is 0 Å². The Kier molecular flexibility index (Phi) is 5.49. The molecule has 4 aromatic rings. The van der Waals surface area contributed by atoms with Crippen molar-refractivity contribution in [2.45, 2.75) is 12.5 Å². The topological polar surface area (TPSA) is 129 Å². The summed E-state index contributed by atoms with van der Waals surface area (Å²) in [7, 11) is 5.40. The van der Waals surface area contributed by atoms with E-state index in [2.05, 4.69) is 42.8 Å². The second-order valence-electron chi connectivity index (χ2n) is 7.50. The predicted octanol–water partition coefficient (Wildman–Crippen LogP) is 2.23. The molecule has 0 radical (unpaired) electrons. The van der Waals surface area contributed by atoms with Gasteiger partial charge in [0.1, 0.15) is 23.1 Å². The third-order valence-corrected chi connectivity index (χ3v) is 5.36. The molecular weight excluding hydrogens is 394 g/mol. The number of likely N-dealkylation sites (N-methyl/N-ethyl adjacent to an activating group) is 1. The van der Waals surface area contributed by atoms with Gasteiger partial charge in [-0.15, -0.1) is 5.10 Å². The number of nitrogens with two attached hydrogens (primary N) is 1. The highest BCUT2D eigenvalue weighted by molar-refractivity contribution is 5.94. The molecule has 0 bridgehead atoms. The monoisotopic (exact) mass is 419 g/mol. The first-order valence-corrected chi connectivity index (χ1v) is 9.76. The number of hydrogen-bond acceptors (Lipinski definition) is 9. The lowest BCUT2D eigenvalue weighted by atomic mass is 9.94. The van der Waals surface area contributed by atoms with Crippen LogP contribution in [0.3, 0.4) is 0 Å². The summed E-state index contributed by atoms with van der Waals surface area (Å²) in [5, 5.41) is 16.1. The number of methoxy groups -OCH3 is 1. The molecule has 10 heteroatoms. The minimum absolute atomic E-state index is 0.336. The fourth-order valence-electron chi connectivity index (χ4n) is 3.46. The number of anilines is 3. The largest absolute Gasteiger partial charge is 0.383 e. The van der Waals surface area contributed by atoms with Gasteiger partial charge in [-0.3, -0.25) is 0 Å². The molecule has 4 rings (SSSR count). The number of pyridine rings is 3. The molecule has 0 unspecified atom stereocenters. The summed E-state index contributed by atoms with van der Waals surface area (Å²) in [6, 6.07) is 7.81. The Labute approximate surface area is 179 Å². The van der Waals surface area contributed by atoms with Crippen LogP contribution >= 0.6 is 0 Å². The zero-order valence-corrected chi connectivity index (χ0v) is 17.9. The van der Waals surface area contributed by atoms with Crippen LogP contribution in [-0.4, -0.2) is 50.7 Å². The van der Waals surface area contributed by atoms with E-state index in [-0.39, 0.29) is 5.54 Å². The highest BCUT2D eigenvalue weighted by Crippen LogP contribution is 2.28. The van der Waals surface area contributed by atoms with Gasteiger partial charge < -0.3 is 21.1 Å². The van der Waals surface area contributed by atoms with Gasteiger partial charge in [-0.1, -0.05) is 5.21 Å². The first-order valence-electron chi connectivity index (χ1n) is 9.76. The van der Waals surface area contributed by atoms with E-state index < -0.39 is 0 Å². The number of rotatable bonds is 7. The molecule has 0 saturated carbocycles. The quantitative estimate of drug-likeness (QED) is 0.413. The summed E-state index contributed by atoms with van der Waals surface area (Å²) >= 11 is 0. The van der Waals surface area contributed by atoms with Gasteiger partial charge in [-0.25, -0.2) is 19.6 Å². The molecule has 0 spiro atoms. The molecule has 10 nitrogen and oxygen atoms in total. The van der Waals surface area contributed by atoms with Gasteiger partial charge in [0.05, 0.1) is 24.0 Å². The van der Waals surface area contributed by atoms with Crippen LogP contribution < -0.4 is 16.4 Å². The van der Waals surface area contributed by atoms with E-state index in [1.54, 1.807) is 30.4 Å². The molecule has 0 fully saturated rings. The molecular formula is C21H25N9O. The average molecular weight is 419 g/mol. The number of nitrogen functional groups attached to an aromatic ring is 1. The zero-order valence-electron chi connectivity index (χ0n) is 17.9. The van der Waals surface area contributed by atoms with Crippen molar-refractivity contribution in [3.05, 3.63) is 48.4 Å². The summed E-state index contributed by atoms with van der Waals surface area (Å²) in [4.78, 5) is 13.4. The normalized spacial score (nSPS) is 13.3. The third kappa shape index (κ3) is 4.03. The van der Waals surface area contributed by atoms with Crippen LogP contribution in [0.15, 0.2) is 42.9 Å². The lowest BCUT2D eigenvalue weighted by molar-refractivity contribution is 0.123. The van der Waals surface area contributed by atoms with Crippen LogP contribution in [0.1, 0.15) is 12.5 Å². The van der Waals surface area contributed by atoms with Crippen molar-refractivity contribution >= 4 is 28.2 Å². The smallest absolute Gasteiger partial charge is 0.133 e. The van der Waals surface area contributed by atoms with Crippen LogP contribution in [-0.2, 0) is 17.3 Å². The lowest BCUT2D eigenvalue weighted by Crippen LogP contribution is -2.41. The van der Waals surface area contributed by atoms with Crippen molar-refractivity contribution in [1.29, 1.82) is 0 Å². The van der Waals surface area contributed by atoms with Crippen molar-refractivity contribution in [2.24, 2.45) is 7.05 Å². The molecule has 0 aliphatic rings. The molecule has 0 aliphatic carbocycles. The van der Waals surface area contributed by atoms with Crippen LogP contribution in [0, 0.1) is 0 Å². The van der Waals surface area contributed by atoms with Crippen molar-refractivity contribution < 1.29 is 4.74 Å². The summed E-state index contributed by atoms with van der Waals surface area (Å²) in [6.45, 7) is 2.60. The van der Waals surface area contributed by atoms with E-state index in [1.807, 2.05) is 38.4 Å². The Morgan fingerprint density at radius 3 is 2.68 bits per heavy atom. The maximum absolute atomic E-state index is 6.17. The number of aromatic nitrogens is 6. The molecule has 0 saturated heterocycles. The van der Waals surface area contributed by atoms with Gasteiger partial charge in [0, 0.05) is 31.9 Å². The molecule has 0 amide bonds. The summed E-state index contributed by atoms with van der Waals surface area (Å²) in [5.41, 5.74) is 8.36. The van der Waals surface area contributed by atoms with Crippen LogP contribution in [0.25, 0.3) is 22.2 Å². The Bertz CT molecular complexity index is 1220. The summed E-state index contributed by atoms with van der Waals surface area (Å²) in [5.74, 6) is 1.73. The van der Waals surface area contributed by atoms with Gasteiger partial charge in [0.15, 0.2) is 0 Å². The molecule has 0 aliphatic heterocycles. The van der Waals surface area contributed by atoms with Crippen molar-refractivity contribution in [2.75, 3.05) is 31.8 Å². The average Bonchev–Trinajstić information content (AvgIpc) is 3.19. The SMILES string of the molecule is CN[C@@](C)(COC)c1ccnc(Nc2cc3cc(-c4cnnn4C)nc(N)c3cn2)c1. The number of ether oxygens (including phenoxy) is 1. The van der Waals surface area contributed by atoms with Gasteiger partial charge in [0.2, 0.25) is 0 Å². The fraction of sp³-hybridized carbons (Fsp3) is 0.286. The number of aryl methyl sites for hydroxylation is 1. The van der Waals surface area contributed by atoms with Crippen molar-refractivity contribution in [3.8, 4) is 11.4 Å². The molecule has 0 aromatic carbocycles. The number of fused-ring (bicyclic) bond motifs is 1. The molecule has 4 N–H and O–H groups in total. The standard InChI is InChI=1S/C21H25N9O/c1-21(23-2,12-31-4)14-5-6-24-19(9-14)28-18-8-13-7-16(17-11-26-29-30(17)3)27-20(22)15(13)10-25-18/h5-11,23H,12H2,1-4H3,(H2,22,27)(H,24,25,28)/t21-/m0/s1. The highest BCUT2D eigenvalue weighted by Gasteiger charge is 2.25. The van der Waals surface area contributed by atoms with Gasteiger partial charge in [-0.2, -0.15) is 0 Å². The summed E-state index contributed by atoms with van der Waals surface area (Å²) in [6.07, 6.45) is 5.12. The fourth-order valence-corrected chi connectivity index (χ4v) is 3.46. The summed E-state index contributed by atoms with van der Waals surface area (Å²) < 4.78 is 7.03. The highest BCUT2D eigenvalue weighted by atomic mass is 16.5. The molecule has 4 heterocycles. The number of nitrogens with zero attached hydrogens (tertiary/aromatic N) is 6. The lowest BCUT2D eigenvalue weighted by Gasteiger charge is -2.29. The Balaban J connectivity index is 1.68. The molecule has 4 aromatic heterocycles. The maximum atomic E-state index is 6.17. The van der Waals surface area contributed by atoms with Gasteiger partial charge in [-0.05, 0) is 49.2 Å². The van der Waals surface area contributed by atoms with E-state index >= 15 is 0 Å².